The van der Waals surface area contributed by atoms with Crippen LogP contribution in [0.3, 0.4) is 0 Å². The lowest BCUT2D eigenvalue weighted by Crippen LogP contribution is -2.34. The van der Waals surface area contributed by atoms with Gasteiger partial charge in [-0.3, -0.25) is 0 Å². The van der Waals surface area contributed by atoms with Gasteiger partial charge in [0.05, 0.1) is 12.2 Å². The van der Waals surface area contributed by atoms with E-state index in [0.29, 0.717) is 12.5 Å². The van der Waals surface area contributed by atoms with E-state index in [-0.39, 0.29) is 12.1 Å². The fraction of sp³-hybridized carbons (Fsp3) is 0.778. The van der Waals surface area contributed by atoms with Crippen LogP contribution >= 0.6 is 0 Å². The van der Waals surface area contributed by atoms with Crippen LogP contribution in [0.5, 0.6) is 0 Å². The normalized spacial score (nSPS) is 33.2. The number of terminal acetylenes is 1. The smallest absolute Gasteiger partial charge is 0.0739 e. The summed E-state index contributed by atoms with van der Waals surface area (Å²) in [5, 5.41) is 0. The summed E-state index contributed by atoms with van der Waals surface area (Å²) in [5.41, 5.74) is 5.78. The second kappa shape index (κ2) is 3.75. The van der Waals surface area contributed by atoms with Crippen molar-refractivity contribution >= 4 is 0 Å². The maximum atomic E-state index is 5.78. The highest BCUT2D eigenvalue weighted by Gasteiger charge is 2.26. The van der Waals surface area contributed by atoms with Gasteiger partial charge in [0.1, 0.15) is 0 Å². The molecule has 2 N–H and O–H groups in total. The van der Waals surface area contributed by atoms with Gasteiger partial charge < -0.3 is 10.5 Å². The molecule has 1 fully saturated rings. The summed E-state index contributed by atoms with van der Waals surface area (Å²) in [5.74, 6) is 2.55. The van der Waals surface area contributed by atoms with Gasteiger partial charge in [-0.25, -0.2) is 0 Å². The molecule has 0 aromatic carbocycles. The van der Waals surface area contributed by atoms with Gasteiger partial charge in [0.25, 0.3) is 0 Å². The summed E-state index contributed by atoms with van der Waals surface area (Å²) in [7, 11) is 0. The number of rotatable bonds is 2. The Bertz CT molecular complexity index is 161. The number of hydrogen-bond donors (Lipinski definition) is 1. The SMILES string of the molecule is C#CCC(N)C1CCC(C)O1. The number of ether oxygens (including phenoxy) is 1. The van der Waals surface area contributed by atoms with Crippen LogP contribution in [0.2, 0.25) is 0 Å². The summed E-state index contributed by atoms with van der Waals surface area (Å²) < 4.78 is 5.56. The van der Waals surface area contributed by atoms with Crippen molar-refractivity contribution in [2.24, 2.45) is 5.73 Å². The molecule has 0 aliphatic carbocycles. The van der Waals surface area contributed by atoms with Crippen molar-refractivity contribution in [3.05, 3.63) is 0 Å². The Hall–Kier alpha value is -0.520. The predicted molar refractivity (Wildman–Crippen MR) is 45.0 cm³/mol. The maximum Gasteiger partial charge on any atom is 0.0739 e. The largest absolute Gasteiger partial charge is 0.374 e. The van der Waals surface area contributed by atoms with Crippen LogP contribution in [0.1, 0.15) is 26.2 Å². The first-order chi connectivity index (χ1) is 5.24. The molecule has 0 bridgehead atoms. The lowest BCUT2D eigenvalue weighted by atomic mass is 10.1. The minimum Gasteiger partial charge on any atom is -0.374 e. The summed E-state index contributed by atoms with van der Waals surface area (Å²) in [4.78, 5) is 0. The van der Waals surface area contributed by atoms with Crippen molar-refractivity contribution in [1.29, 1.82) is 0 Å². The summed E-state index contributed by atoms with van der Waals surface area (Å²) in [6.45, 7) is 2.07. The van der Waals surface area contributed by atoms with Gasteiger partial charge in [0.2, 0.25) is 0 Å². The first-order valence-corrected chi connectivity index (χ1v) is 4.08. The van der Waals surface area contributed by atoms with Gasteiger partial charge >= 0.3 is 0 Å². The number of nitrogens with two attached hydrogens (primary N) is 1. The van der Waals surface area contributed by atoms with Gasteiger partial charge in [-0.15, -0.1) is 12.3 Å². The Morgan fingerprint density at radius 3 is 2.91 bits per heavy atom. The van der Waals surface area contributed by atoms with Crippen LogP contribution in [0, 0.1) is 12.3 Å². The van der Waals surface area contributed by atoms with Crippen molar-refractivity contribution in [2.75, 3.05) is 0 Å². The van der Waals surface area contributed by atoms with E-state index in [1.165, 1.54) is 0 Å². The molecule has 1 aliphatic rings. The molecule has 0 saturated carbocycles. The minimum atomic E-state index is 0.0324. The average molecular weight is 153 g/mol. The Balaban J connectivity index is 2.32. The molecule has 2 heteroatoms. The van der Waals surface area contributed by atoms with E-state index in [0.717, 1.165) is 12.8 Å². The molecule has 1 saturated heterocycles. The van der Waals surface area contributed by atoms with Crippen molar-refractivity contribution in [3.63, 3.8) is 0 Å². The van der Waals surface area contributed by atoms with Crippen LogP contribution in [-0.4, -0.2) is 18.2 Å². The van der Waals surface area contributed by atoms with Gasteiger partial charge in [-0.2, -0.15) is 0 Å². The van der Waals surface area contributed by atoms with E-state index >= 15 is 0 Å². The molecule has 62 valence electrons. The van der Waals surface area contributed by atoms with Crippen molar-refractivity contribution in [3.8, 4) is 12.3 Å². The Kier molecular flexibility index (Phi) is 2.92. The highest BCUT2D eigenvalue weighted by Crippen LogP contribution is 2.21. The monoisotopic (exact) mass is 153 g/mol. The molecule has 3 unspecified atom stereocenters. The van der Waals surface area contributed by atoms with Gasteiger partial charge in [-0.1, -0.05) is 0 Å². The Labute approximate surface area is 68.1 Å². The quantitative estimate of drug-likeness (QED) is 0.598. The van der Waals surface area contributed by atoms with Crippen molar-refractivity contribution < 1.29 is 4.74 Å². The minimum absolute atomic E-state index is 0.0324. The van der Waals surface area contributed by atoms with Gasteiger partial charge in [0, 0.05) is 12.5 Å². The first kappa shape index (κ1) is 8.58. The molecule has 1 aliphatic heterocycles. The van der Waals surface area contributed by atoms with E-state index in [9.17, 15) is 0 Å². The Morgan fingerprint density at radius 2 is 2.45 bits per heavy atom. The summed E-state index contributed by atoms with van der Waals surface area (Å²) in [6.07, 6.45) is 8.50. The highest BCUT2D eigenvalue weighted by molar-refractivity contribution is 4.93. The fourth-order valence-corrected chi connectivity index (χ4v) is 1.42. The molecule has 2 nitrogen and oxygen atoms in total. The van der Waals surface area contributed by atoms with E-state index in [1.807, 2.05) is 0 Å². The third kappa shape index (κ3) is 2.21. The van der Waals surface area contributed by atoms with Gasteiger partial charge in [0.15, 0.2) is 0 Å². The molecule has 0 aromatic rings. The lowest BCUT2D eigenvalue weighted by molar-refractivity contribution is 0.0414. The van der Waals surface area contributed by atoms with E-state index in [2.05, 4.69) is 12.8 Å². The first-order valence-electron chi connectivity index (χ1n) is 4.08. The highest BCUT2D eigenvalue weighted by atomic mass is 16.5. The second-order valence-corrected chi connectivity index (χ2v) is 3.13. The zero-order valence-electron chi connectivity index (χ0n) is 6.92. The molecule has 1 heterocycles. The molecule has 11 heavy (non-hydrogen) atoms. The van der Waals surface area contributed by atoms with Crippen LogP contribution in [0.4, 0.5) is 0 Å². The van der Waals surface area contributed by atoms with Crippen LogP contribution < -0.4 is 5.73 Å². The van der Waals surface area contributed by atoms with Crippen molar-refractivity contribution in [1.82, 2.24) is 0 Å². The molecular formula is C9H15NO. The molecule has 0 amide bonds. The zero-order valence-corrected chi connectivity index (χ0v) is 6.92. The molecule has 1 rings (SSSR count). The topological polar surface area (TPSA) is 35.2 Å². The molecule has 0 spiro atoms. The maximum absolute atomic E-state index is 5.78. The zero-order chi connectivity index (χ0) is 8.27. The second-order valence-electron chi connectivity index (χ2n) is 3.13. The summed E-state index contributed by atoms with van der Waals surface area (Å²) >= 11 is 0. The average Bonchev–Trinajstić information content (AvgIpc) is 2.36. The van der Waals surface area contributed by atoms with Crippen LogP contribution in [-0.2, 0) is 4.74 Å². The van der Waals surface area contributed by atoms with E-state index in [4.69, 9.17) is 16.9 Å². The van der Waals surface area contributed by atoms with Crippen LogP contribution in [0.25, 0.3) is 0 Å². The third-order valence-corrected chi connectivity index (χ3v) is 2.10. The Morgan fingerprint density at radius 1 is 1.73 bits per heavy atom. The standard InChI is InChI=1S/C9H15NO/c1-3-4-8(10)9-6-5-7(2)11-9/h1,7-9H,4-6,10H2,2H3. The predicted octanol–water partition coefficient (Wildman–Crippen LogP) is 0.904. The van der Waals surface area contributed by atoms with Gasteiger partial charge in [-0.05, 0) is 19.8 Å². The molecule has 3 atom stereocenters. The molecule has 0 aromatic heterocycles. The van der Waals surface area contributed by atoms with E-state index in [1.54, 1.807) is 0 Å². The van der Waals surface area contributed by atoms with Crippen LogP contribution in [0.15, 0.2) is 0 Å². The fourth-order valence-electron chi connectivity index (χ4n) is 1.42. The lowest BCUT2D eigenvalue weighted by Gasteiger charge is -2.16. The molecular weight excluding hydrogens is 138 g/mol. The number of hydrogen-bond acceptors (Lipinski definition) is 2. The van der Waals surface area contributed by atoms with E-state index < -0.39 is 0 Å². The van der Waals surface area contributed by atoms with Crippen molar-refractivity contribution in [2.45, 2.75) is 44.4 Å². The molecule has 0 radical (unpaired) electrons. The third-order valence-electron chi connectivity index (χ3n) is 2.10. The summed E-state index contributed by atoms with van der Waals surface area (Å²) in [6, 6.07) is 0.0324.